The highest BCUT2D eigenvalue weighted by Crippen LogP contribution is 2.26. The summed E-state index contributed by atoms with van der Waals surface area (Å²) in [6.45, 7) is 1.10. The van der Waals surface area contributed by atoms with Gasteiger partial charge in [0.1, 0.15) is 5.82 Å². The van der Waals surface area contributed by atoms with Gasteiger partial charge in [-0.25, -0.2) is 9.50 Å². The predicted molar refractivity (Wildman–Crippen MR) is 73.3 cm³/mol. The average Bonchev–Trinajstić information content (AvgIpc) is 3.03. The molecule has 5 heteroatoms. The van der Waals surface area contributed by atoms with Crippen molar-refractivity contribution in [3.05, 3.63) is 24.5 Å². The molecule has 0 aromatic carbocycles. The molecule has 3 rings (SSSR count). The Bertz CT molecular complexity index is 524. The molecule has 2 aromatic heterocycles. The first-order chi connectivity index (χ1) is 8.88. The summed E-state index contributed by atoms with van der Waals surface area (Å²) in [6, 6.07) is 4.59. The third-order valence-electron chi connectivity index (χ3n) is 3.59. The summed E-state index contributed by atoms with van der Waals surface area (Å²) in [5, 5.41) is 4.17. The topological polar surface area (TPSA) is 33.4 Å². The van der Waals surface area contributed by atoms with Crippen LogP contribution in [0.25, 0.3) is 5.65 Å². The van der Waals surface area contributed by atoms with E-state index in [1.807, 2.05) is 12.3 Å². The van der Waals surface area contributed by atoms with Crippen LogP contribution in [0.15, 0.2) is 24.5 Å². The number of hydrogen-bond donors (Lipinski definition) is 0. The maximum atomic E-state index is 5.79. The molecule has 0 radical (unpaired) electrons. The van der Waals surface area contributed by atoms with Gasteiger partial charge in [0, 0.05) is 30.7 Å². The van der Waals surface area contributed by atoms with Crippen LogP contribution in [0, 0.1) is 0 Å². The fourth-order valence-electron chi connectivity index (χ4n) is 2.71. The lowest BCUT2D eigenvalue weighted by molar-refractivity contribution is 0.598. The largest absolute Gasteiger partial charge is 0.354 e. The minimum atomic E-state index is 0.599. The molecule has 96 valence electrons. The van der Waals surface area contributed by atoms with E-state index in [9.17, 15) is 0 Å². The lowest BCUT2D eigenvalue weighted by atomic mass is 10.1. The predicted octanol–water partition coefficient (Wildman–Crippen LogP) is 2.72. The second-order valence-electron chi connectivity index (χ2n) is 4.74. The lowest BCUT2D eigenvalue weighted by Crippen LogP contribution is -2.30. The average molecular weight is 265 g/mol. The highest BCUT2D eigenvalue weighted by atomic mass is 35.5. The van der Waals surface area contributed by atoms with Gasteiger partial charge in [0.05, 0.1) is 6.20 Å². The molecule has 4 nitrogen and oxygen atoms in total. The molecule has 18 heavy (non-hydrogen) atoms. The van der Waals surface area contributed by atoms with Crippen LogP contribution in [0.2, 0.25) is 0 Å². The first-order valence-electron chi connectivity index (χ1n) is 6.51. The van der Waals surface area contributed by atoms with Gasteiger partial charge in [0.15, 0.2) is 5.65 Å². The molecule has 0 saturated carbocycles. The fraction of sp³-hybridized carbons (Fsp3) is 0.538. The quantitative estimate of drug-likeness (QED) is 0.796. The fourth-order valence-corrected chi connectivity index (χ4v) is 2.87. The molecule has 0 aliphatic carbocycles. The molecule has 2 aromatic rings. The molecule has 1 fully saturated rings. The maximum absolute atomic E-state index is 5.79. The Balaban J connectivity index is 1.83. The summed E-state index contributed by atoms with van der Waals surface area (Å²) in [7, 11) is 0. The first kappa shape index (κ1) is 11.8. The maximum Gasteiger partial charge on any atom is 0.157 e. The highest BCUT2D eigenvalue weighted by Gasteiger charge is 2.25. The van der Waals surface area contributed by atoms with Crippen LogP contribution in [0.1, 0.15) is 25.7 Å². The van der Waals surface area contributed by atoms with E-state index in [1.165, 1.54) is 12.8 Å². The van der Waals surface area contributed by atoms with E-state index in [0.717, 1.165) is 36.7 Å². The van der Waals surface area contributed by atoms with Crippen LogP contribution >= 0.6 is 11.6 Å². The molecular weight excluding hydrogens is 248 g/mol. The molecule has 1 aliphatic rings. The standard InChI is InChI=1S/C13H17ClN4/c14-7-1-3-11-4-2-9-17(11)12-6-10-18-13(16-12)5-8-15-18/h5-6,8,10-11H,1-4,7,9H2. The summed E-state index contributed by atoms with van der Waals surface area (Å²) >= 11 is 5.79. The van der Waals surface area contributed by atoms with Crippen LogP contribution in [0.3, 0.4) is 0 Å². The van der Waals surface area contributed by atoms with Crippen molar-refractivity contribution >= 4 is 23.1 Å². The number of alkyl halides is 1. The third-order valence-corrected chi connectivity index (χ3v) is 3.85. The molecule has 0 bridgehead atoms. The Morgan fingerprint density at radius 1 is 1.39 bits per heavy atom. The van der Waals surface area contributed by atoms with Gasteiger partial charge in [-0.1, -0.05) is 0 Å². The van der Waals surface area contributed by atoms with Crippen LogP contribution < -0.4 is 4.90 Å². The SMILES string of the molecule is ClCCCC1CCCN1c1ccn2nccc2n1. The molecule has 3 heterocycles. The molecule has 1 saturated heterocycles. The van der Waals surface area contributed by atoms with E-state index in [0.29, 0.717) is 6.04 Å². The van der Waals surface area contributed by atoms with Crippen molar-refractivity contribution < 1.29 is 0 Å². The van der Waals surface area contributed by atoms with Crippen LogP contribution in [-0.4, -0.2) is 33.1 Å². The first-order valence-corrected chi connectivity index (χ1v) is 7.05. The van der Waals surface area contributed by atoms with Crippen molar-refractivity contribution in [3.8, 4) is 0 Å². The number of halogens is 1. The number of fused-ring (bicyclic) bond motifs is 1. The Morgan fingerprint density at radius 2 is 2.33 bits per heavy atom. The normalized spacial score (nSPS) is 19.8. The Hall–Kier alpha value is -1.29. The number of hydrogen-bond acceptors (Lipinski definition) is 3. The second kappa shape index (κ2) is 5.14. The molecule has 0 N–H and O–H groups in total. The zero-order chi connectivity index (χ0) is 12.4. The highest BCUT2D eigenvalue weighted by molar-refractivity contribution is 6.17. The van der Waals surface area contributed by atoms with E-state index in [-0.39, 0.29) is 0 Å². The second-order valence-corrected chi connectivity index (χ2v) is 5.12. The molecule has 1 atom stereocenters. The van der Waals surface area contributed by atoms with Crippen molar-refractivity contribution in [1.82, 2.24) is 14.6 Å². The number of aromatic nitrogens is 3. The van der Waals surface area contributed by atoms with Crippen LogP contribution in [-0.2, 0) is 0 Å². The van der Waals surface area contributed by atoms with E-state index in [1.54, 1.807) is 10.7 Å². The monoisotopic (exact) mass is 264 g/mol. The number of nitrogens with zero attached hydrogens (tertiary/aromatic N) is 4. The minimum absolute atomic E-state index is 0.599. The third kappa shape index (κ3) is 2.17. The molecule has 0 spiro atoms. The Morgan fingerprint density at radius 3 is 3.22 bits per heavy atom. The molecule has 1 unspecified atom stereocenters. The lowest BCUT2D eigenvalue weighted by Gasteiger charge is -2.25. The zero-order valence-electron chi connectivity index (χ0n) is 10.3. The van der Waals surface area contributed by atoms with Crippen molar-refractivity contribution in [2.24, 2.45) is 0 Å². The van der Waals surface area contributed by atoms with Gasteiger partial charge in [-0.15, -0.1) is 11.6 Å². The smallest absolute Gasteiger partial charge is 0.157 e. The van der Waals surface area contributed by atoms with Gasteiger partial charge in [0.2, 0.25) is 0 Å². The van der Waals surface area contributed by atoms with Crippen molar-refractivity contribution in [2.75, 3.05) is 17.3 Å². The molecular formula is C13H17ClN4. The molecule has 1 aliphatic heterocycles. The molecule has 0 amide bonds. The van der Waals surface area contributed by atoms with E-state index in [2.05, 4.69) is 21.0 Å². The van der Waals surface area contributed by atoms with E-state index < -0.39 is 0 Å². The van der Waals surface area contributed by atoms with Gasteiger partial charge >= 0.3 is 0 Å². The van der Waals surface area contributed by atoms with Crippen molar-refractivity contribution in [3.63, 3.8) is 0 Å². The van der Waals surface area contributed by atoms with Gasteiger partial charge in [0.25, 0.3) is 0 Å². The van der Waals surface area contributed by atoms with Gasteiger partial charge in [-0.2, -0.15) is 5.10 Å². The van der Waals surface area contributed by atoms with Crippen LogP contribution in [0.4, 0.5) is 5.82 Å². The number of anilines is 1. The summed E-state index contributed by atoms with van der Waals surface area (Å²) < 4.78 is 1.80. The van der Waals surface area contributed by atoms with E-state index >= 15 is 0 Å². The van der Waals surface area contributed by atoms with Crippen molar-refractivity contribution in [2.45, 2.75) is 31.7 Å². The van der Waals surface area contributed by atoms with Crippen LogP contribution in [0.5, 0.6) is 0 Å². The summed E-state index contributed by atoms with van der Waals surface area (Å²) in [6.07, 6.45) is 8.50. The summed E-state index contributed by atoms with van der Waals surface area (Å²) in [4.78, 5) is 7.09. The Kier molecular flexibility index (Phi) is 3.37. The minimum Gasteiger partial charge on any atom is -0.354 e. The van der Waals surface area contributed by atoms with Gasteiger partial charge in [-0.3, -0.25) is 0 Å². The van der Waals surface area contributed by atoms with Crippen molar-refractivity contribution in [1.29, 1.82) is 0 Å². The Labute approximate surface area is 112 Å². The zero-order valence-corrected chi connectivity index (χ0v) is 11.1. The number of rotatable bonds is 4. The van der Waals surface area contributed by atoms with Gasteiger partial charge < -0.3 is 4.90 Å². The summed E-state index contributed by atoms with van der Waals surface area (Å²) in [5.74, 6) is 1.82. The summed E-state index contributed by atoms with van der Waals surface area (Å²) in [5.41, 5.74) is 0.912. The van der Waals surface area contributed by atoms with Gasteiger partial charge in [-0.05, 0) is 31.7 Å². The van der Waals surface area contributed by atoms with E-state index in [4.69, 9.17) is 11.6 Å².